The predicted molar refractivity (Wildman–Crippen MR) is 73.0 cm³/mol. The molecule has 20 heavy (non-hydrogen) atoms. The van der Waals surface area contributed by atoms with E-state index in [9.17, 15) is 12.8 Å². The fraction of sp³-hybridized carbons (Fsp3) is 0.538. The Morgan fingerprint density at radius 3 is 2.90 bits per heavy atom. The Balaban J connectivity index is 2.21. The summed E-state index contributed by atoms with van der Waals surface area (Å²) in [7, 11) is -3.88. The maximum Gasteiger partial charge on any atom is 0.243 e. The van der Waals surface area contributed by atoms with Crippen molar-refractivity contribution in [3.8, 4) is 0 Å². The van der Waals surface area contributed by atoms with Crippen LogP contribution in [0.1, 0.15) is 25.3 Å². The van der Waals surface area contributed by atoms with Gasteiger partial charge in [0.25, 0.3) is 0 Å². The third-order valence-corrected chi connectivity index (χ3v) is 4.86. The van der Waals surface area contributed by atoms with Crippen molar-refractivity contribution in [3.63, 3.8) is 0 Å². The Hall–Kier alpha value is -1.02. The van der Waals surface area contributed by atoms with Gasteiger partial charge in [0.1, 0.15) is 10.7 Å². The van der Waals surface area contributed by atoms with Gasteiger partial charge in [0.2, 0.25) is 10.0 Å². The lowest BCUT2D eigenvalue weighted by atomic mass is 10.1. The molecule has 112 valence electrons. The average Bonchev–Trinajstić information content (AvgIpc) is 2.38. The van der Waals surface area contributed by atoms with Crippen LogP contribution in [0.3, 0.4) is 0 Å². The van der Waals surface area contributed by atoms with Crippen LogP contribution in [0.15, 0.2) is 23.1 Å². The van der Waals surface area contributed by atoms with Gasteiger partial charge in [-0.2, -0.15) is 0 Å². The highest BCUT2D eigenvalue weighted by molar-refractivity contribution is 7.89. The van der Waals surface area contributed by atoms with E-state index in [2.05, 4.69) is 4.72 Å². The number of ether oxygens (including phenoxy) is 1. The van der Waals surface area contributed by atoms with Gasteiger partial charge < -0.3 is 10.5 Å². The van der Waals surface area contributed by atoms with Gasteiger partial charge >= 0.3 is 0 Å². The van der Waals surface area contributed by atoms with Crippen LogP contribution in [0, 0.1) is 5.82 Å². The molecule has 1 aliphatic heterocycles. The Kier molecular flexibility index (Phi) is 4.74. The smallest absolute Gasteiger partial charge is 0.243 e. The van der Waals surface area contributed by atoms with Gasteiger partial charge in [-0.1, -0.05) is 6.07 Å². The highest BCUT2D eigenvalue weighted by atomic mass is 32.2. The van der Waals surface area contributed by atoms with Crippen LogP contribution in [0.4, 0.5) is 4.39 Å². The van der Waals surface area contributed by atoms with Crippen molar-refractivity contribution in [3.05, 3.63) is 29.6 Å². The summed E-state index contributed by atoms with van der Waals surface area (Å²) < 4.78 is 46.2. The Bertz CT molecular complexity index is 577. The molecule has 1 aromatic carbocycles. The molecular formula is C13H19FN2O3S. The number of nitrogens with two attached hydrogens (primary N) is 1. The van der Waals surface area contributed by atoms with Crippen molar-refractivity contribution in [1.29, 1.82) is 0 Å². The first-order chi connectivity index (χ1) is 9.42. The van der Waals surface area contributed by atoms with Crippen LogP contribution in [0.2, 0.25) is 0 Å². The zero-order valence-corrected chi connectivity index (χ0v) is 12.1. The van der Waals surface area contributed by atoms with Crippen LogP contribution in [-0.4, -0.2) is 27.2 Å². The lowest BCUT2D eigenvalue weighted by Gasteiger charge is -2.27. The van der Waals surface area contributed by atoms with Gasteiger partial charge in [-0.05, 0) is 37.5 Å². The molecule has 0 amide bonds. The van der Waals surface area contributed by atoms with E-state index in [1.165, 1.54) is 12.1 Å². The summed E-state index contributed by atoms with van der Waals surface area (Å²) in [6.45, 7) is 2.55. The molecule has 0 bridgehead atoms. The molecule has 2 unspecified atom stereocenters. The minimum absolute atomic E-state index is 0.00308. The number of rotatable bonds is 4. The van der Waals surface area contributed by atoms with Crippen LogP contribution >= 0.6 is 0 Å². The first kappa shape index (κ1) is 15.4. The van der Waals surface area contributed by atoms with Crippen molar-refractivity contribution < 1.29 is 17.5 Å². The number of benzene rings is 1. The van der Waals surface area contributed by atoms with E-state index in [1.54, 1.807) is 0 Å². The second-order valence-electron chi connectivity index (χ2n) is 4.99. The Morgan fingerprint density at radius 2 is 2.25 bits per heavy atom. The number of halogens is 1. The normalized spacial score (nSPS) is 23.8. The highest BCUT2D eigenvalue weighted by Crippen LogP contribution is 2.20. The lowest BCUT2D eigenvalue weighted by molar-refractivity contribution is 0.0173. The summed E-state index contributed by atoms with van der Waals surface area (Å²) in [6, 6.07) is 3.65. The summed E-state index contributed by atoms with van der Waals surface area (Å²) in [4.78, 5) is -0.348. The van der Waals surface area contributed by atoms with Crippen LogP contribution in [-0.2, 0) is 21.3 Å². The van der Waals surface area contributed by atoms with Crippen LogP contribution < -0.4 is 10.5 Å². The highest BCUT2D eigenvalue weighted by Gasteiger charge is 2.27. The van der Waals surface area contributed by atoms with Crippen LogP contribution in [0.5, 0.6) is 0 Å². The number of nitrogens with one attached hydrogen (secondary N) is 1. The fourth-order valence-electron chi connectivity index (χ4n) is 2.27. The molecule has 7 heteroatoms. The van der Waals surface area contributed by atoms with Crippen molar-refractivity contribution >= 4 is 10.0 Å². The molecule has 1 heterocycles. The van der Waals surface area contributed by atoms with Crippen molar-refractivity contribution in [2.24, 2.45) is 5.73 Å². The molecule has 5 nitrogen and oxygen atoms in total. The molecule has 0 aromatic heterocycles. The minimum atomic E-state index is -3.88. The first-order valence-electron chi connectivity index (χ1n) is 6.55. The largest absolute Gasteiger partial charge is 0.378 e. The van der Waals surface area contributed by atoms with Crippen LogP contribution in [0.25, 0.3) is 0 Å². The van der Waals surface area contributed by atoms with Gasteiger partial charge in [0.05, 0.1) is 6.10 Å². The van der Waals surface area contributed by atoms with Crippen molar-refractivity contribution in [2.75, 3.05) is 6.61 Å². The second-order valence-corrected chi connectivity index (χ2v) is 6.68. The van der Waals surface area contributed by atoms with E-state index in [4.69, 9.17) is 10.5 Å². The maximum atomic E-state index is 13.7. The lowest BCUT2D eigenvalue weighted by Crippen LogP contribution is -2.41. The third kappa shape index (κ3) is 3.54. The summed E-state index contributed by atoms with van der Waals surface area (Å²) in [5.41, 5.74) is 6.04. The fourth-order valence-corrected chi connectivity index (χ4v) is 3.68. The minimum Gasteiger partial charge on any atom is -0.378 e. The summed E-state index contributed by atoms with van der Waals surface area (Å²) >= 11 is 0. The zero-order chi connectivity index (χ0) is 14.8. The van der Waals surface area contributed by atoms with Gasteiger partial charge in [0.15, 0.2) is 0 Å². The number of sulfonamides is 1. The predicted octanol–water partition coefficient (Wildman–Crippen LogP) is 1.13. The molecule has 0 saturated carbocycles. The van der Waals surface area contributed by atoms with E-state index in [0.29, 0.717) is 25.0 Å². The molecular weight excluding hydrogens is 283 g/mol. The zero-order valence-electron chi connectivity index (χ0n) is 11.3. The average molecular weight is 302 g/mol. The van der Waals surface area contributed by atoms with E-state index in [1.807, 2.05) is 6.92 Å². The van der Waals surface area contributed by atoms with Gasteiger partial charge in [-0.3, -0.25) is 0 Å². The number of hydrogen-bond acceptors (Lipinski definition) is 4. The maximum absolute atomic E-state index is 13.7. The second kappa shape index (κ2) is 6.17. The molecule has 1 aromatic rings. The van der Waals surface area contributed by atoms with Crippen molar-refractivity contribution in [1.82, 2.24) is 4.72 Å². The molecule has 0 radical (unpaired) electrons. The Morgan fingerprint density at radius 1 is 1.50 bits per heavy atom. The molecule has 0 aliphatic carbocycles. The van der Waals surface area contributed by atoms with E-state index in [0.717, 1.165) is 6.07 Å². The van der Waals surface area contributed by atoms with E-state index < -0.39 is 15.8 Å². The van der Waals surface area contributed by atoms with E-state index >= 15 is 0 Å². The molecule has 1 fully saturated rings. The molecule has 1 saturated heterocycles. The molecule has 1 aliphatic rings. The quantitative estimate of drug-likeness (QED) is 0.873. The molecule has 2 rings (SSSR count). The monoisotopic (exact) mass is 302 g/mol. The first-order valence-corrected chi connectivity index (χ1v) is 8.03. The summed E-state index contributed by atoms with van der Waals surface area (Å²) in [5, 5.41) is 0. The summed E-state index contributed by atoms with van der Waals surface area (Å²) in [5.74, 6) is -0.769. The standard InChI is InChI=1S/C13H19FN2O3S/c1-9-6-11(4-5-19-9)16-20(17,18)13-7-10(8-15)2-3-12(13)14/h2-3,7,9,11,16H,4-6,8,15H2,1H3. The summed E-state index contributed by atoms with van der Waals surface area (Å²) in [6.07, 6.45) is 1.16. The van der Waals surface area contributed by atoms with Gasteiger partial charge in [-0.25, -0.2) is 17.5 Å². The third-order valence-electron chi connectivity index (χ3n) is 3.33. The molecule has 2 atom stereocenters. The Labute approximate surface area is 118 Å². The van der Waals surface area contributed by atoms with E-state index in [-0.39, 0.29) is 23.6 Å². The topological polar surface area (TPSA) is 81.4 Å². The SMILES string of the molecule is CC1CC(NS(=O)(=O)c2cc(CN)ccc2F)CCO1. The molecule has 0 spiro atoms. The molecule has 3 N–H and O–H groups in total. The van der Waals surface area contributed by atoms with Gasteiger partial charge in [-0.15, -0.1) is 0 Å². The van der Waals surface area contributed by atoms with Crippen molar-refractivity contribution in [2.45, 2.75) is 43.4 Å². The van der Waals surface area contributed by atoms with Gasteiger partial charge in [0, 0.05) is 19.2 Å². The number of hydrogen-bond donors (Lipinski definition) is 2.